The van der Waals surface area contributed by atoms with Crippen LogP contribution in [0, 0.1) is 0 Å². The molecule has 1 aromatic rings. The average Bonchev–Trinajstić information content (AvgIpc) is 2.25. The lowest BCUT2D eigenvalue weighted by atomic mass is 10.0. The van der Waals surface area contributed by atoms with Gasteiger partial charge in [0.1, 0.15) is 6.10 Å². The fourth-order valence-corrected chi connectivity index (χ4v) is 1.64. The third kappa shape index (κ3) is 2.84. The highest BCUT2D eigenvalue weighted by Crippen LogP contribution is 2.28. The monoisotopic (exact) mass is 240 g/mol. The summed E-state index contributed by atoms with van der Waals surface area (Å²) in [5.41, 5.74) is 0.363. The van der Waals surface area contributed by atoms with Crippen molar-refractivity contribution < 1.29 is 15.0 Å². The Bertz CT molecular complexity index is 412. The zero-order valence-corrected chi connectivity index (χ0v) is 9.61. The van der Waals surface area contributed by atoms with Crippen LogP contribution in [0.15, 0.2) is 35.9 Å². The Morgan fingerprint density at radius 2 is 2.12 bits per heavy atom. The second-order valence-electron chi connectivity index (χ2n) is 3.30. The molecular weight excluding hydrogens is 228 g/mol. The van der Waals surface area contributed by atoms with E-state index in [2.05, 4.69) is 0 Å². The van der Waals surface area contributed by atoms with Gasteiger partial charge in [-0.2, -0.15) is 0 Å². The van der Waals surface area contributed by atoms with Gasteiger partial charge in [0.05, 0.1) is 5.57 Å². The Kier molecular flexibility index (Phi) is 4.52. The molecule has 1 atom stereocenters. The molecule has 0 aromatic heterocycles. The summed E-state index contributed by atoms with van der Waals surface area (Å²) in [6.45, 7) is 1.81. The van der Waals surface area contributed by atoms with Crippen molar-refractivity contribution in [2.24, 2.45) is 0 Å². The highest BCUT2D eigenvalue weighted by atomic mass is 35.5. The van der Waals surface area contributed by atoms with Gasteiger partial charge in [0.25, 0.3) is 0 Å². The molecule has 2 N–H and O–H groups in total. The first kappa shape index (κ1) is 12.7. The van der Waals surface area contributed by atoms with Gasteiger partial charge in [0.2, 0.25) is 0 Å². The highest BCUT2D eigenvalue weighted by molar-refractivity contribution is 6.31. The SMILES string of the molecule is CCC=C(C(=O)O)C(O)c1ccccc1Cl. The van der Waals surface area contributed by atoms with Crippen LogP contribution in [0.4, 0.5) is 0 Å². The van der Waals surface area contributed by atoms with Crippen LogP contribution >= 0.6 is 11.6 Å². The Labute approximate surface area is 99.0 Å². The minimum atomic E-state index is -1.19. The number of carbonyl (C=O) groups is 1. The Morgan fingerprint density at radius 3 is 2.62 bits per heavy atom. The van der Waals surface area contributed by atoms with Gasteiger partial charge in [0.15, 0.2) is 0 Å². The molecule has 1 aromatic carbocycles. The number of rotatable bonds is 4. The number of benzene rings is 1. The largest absolute Gasteiger partial charge is 0.478 e. The first-order valence-corrected chi connectivity index (χ1v) is 5.31. The number of aliphatic hydroxyl groups excluding tert-OH is 1. The molecule has 0 aliphatic heterocycles. The molecule has 3 nitrogen and oxygen atoms in total. The second kappa shape index (κ2) is 5.68. The molecule has 0 spiro atoms. The summed E-state index contributed by atoms with van der Waals surface area (Å²) in [6.07, 6.45) is 0.839. The predicted molar refractivity (Wildman–Crippen MR) is 62.4 cm³/mol. The van der Waals surface area contributed by atoms with Gasteiger partial charge < -0.3 is 10.2 Å². The van der Waals surface area contributed by atoms with Gasteiger partial charge in [0, 0.05) is 10.6 Å². The minimum Gasteiger partial charge on any atom is -0.478 e. The van der Waals surface area contributed by atoms with E-state index in [0.717, 1.165) is 0 Å². The van der Waals surface area contributed by atoms with Crippen molar-refractivity contribution in [3.63, 3.8) is 0 Å². The van der Waals surface area contributed by atoms with Crippen LogP contribution in [0.5, 0.6) is 0 Å². The van der Waals surface area contributed by atoms with E-state index >= 15 is 0 Å². The van der Waals surface area contributed by atoms with Crippen molar-refractivity contribution >= 4 is 17.6 Å². The van der Waals surface area contributed by atoms with Crippen molar-refractivity contribution in [1.29, 1.82) is 0 Å². The van der Waals surface area contributed by atoms with E-state index in [4.69, 9.17) is 16.7 Å². The summed E-state index contributed by atoms with van der Waals surface area (Å²) in [6, 6.07) is 6.66. The number of aliphatic hydroxyl groups is 1. The van der Waals surface area contributed by atoms with E-state index in [9.17, 15) is 9.90 Å². The van der Waals surface area contributed by atoms with Crippen LogP contribution in [-0.2, 0) is 4.79 Å². The number of allylic oxidation sites excluding steroid dienone is 1. The number of halogens is 1. The maximum Gasteiger partial charge on any atom is 0.334 e. The smallest absolute Gasteiger partial charge is 0.334 e. The van der Waals surface area contributed by atoms with Crippen LogP contribution in [0.1, 0.15) is 25.0 Å². The number of aliphatic carboxylic acids is 1. The predicted octanol–water partition coefficient (Wildman–Crippen LogP) is 2.79. The Morgan fingerprint density at radius 1 is 1.50 bits per heavy atom. The number of carboxylic acids is 1. The molecule has 86 valence electrons. The molecule has 1 unspecified atom stereocenters. The highest BCUT2D eigenvalue weighted by Gasteiger charge is 2.20. The summed E-state index contributed by atoms with van der Waals surface area (Å²) in [5.74, 6) is -1.13. The molecule has 0 saturated heterocycles. The molecular formula is C12H13ClO3. The summed E-state index contributed by atoms with van der Waals surface area (Å²) in [5, 5.41) is 19.2. The van der Waals surface area contributed by atoms with Crippen molar-refractivity contribution in [3.05, 3.63) is 46.5 Å². The van der Waals surface area contributed by atoms with Gasteiger partial charge in [-0.05, 0) is 12.5 Å². The zero-order valence-electron chi connectivity index (χ0n) is 8.85. The van der Waals surface area contributed by atoms with Crippen LogP contribution in [0.2, 0.25) is 5.02 Å². The van der Waals surface area contributed by atoms with E-state index in [1.807, 2.05) is 6.92 Å². The molecule has 0 radical (unpaired) electrons. The van der Waals surface area contributed by atoms with E-state index in [-0.39, 0.29) is 5.57 Å². The van der Waals surface area contributed by atoms with Gasteiger partial charge in [-0.25, -0.2) is 4.79 Å². The van der Waals surface area contributed by atoms with E-state index in [1.54, 1.807) is 24.3 Å². The topological polar surface area (TPSA) is 57.5 Å². The lowest BCUT2D eigenvalue weighted by molar-refractivity contribution is -0.133. The van der Waals surface area contributed by atoms with Crippen LogP contribution in [0.25, 0.3) is 0 Å². The summed E-state index contributed by atoms with van der Waals surface area (Å²) in [7, 11) is 0. The molecule has 0 aliphatic carbocycles. The lowest BCUT2D eigenvalue weighted by Gasteiger charge is -2.13. The minimum absolute atomic E-state index is 0.0457. The van der Waals surface area contributed by atoms with Crippen molar-refractivity contribution in [3.8, 4) is 0 Å². The van der Waals surface area contributed by atoms with Gasteiger partial charge in [-0.15, -0.1) is 0 Å². The standard InChI is InChI=1S/C12H13ClO3/c1-2-5-9(12(15)16)11(14)8-6-3-4-7-10(8)13/h3-7,11,14H,2H2,1H3,(H,15,16). The fourth-order valence-electron chi connectivity index (χ4n) is 1.40. The molecule has 0 heterocycles. The van der Waals surface area contributed by atoms with Crippen LogP contribution < -0.4 is 0 Å². The second-order valence-corrected chi connectivity index (χ2v) is 3.70. The van der Waals surface area contributed by atoms with Crippen molar-refractivity contribution in [2.45, 2.75) is 19.4 Å². The molecule has 0 aliphatic rings. The lowest BCUT2D eigenvalue weighted by Crippen LogP contribution is -2.11. The summed E-state index contributed by atoms with van der Waals surface area (Å²) < 4.78 is 0. The maximum atomic E-state index is 10.9. The molecule has 16 heavy (non-hydrogen) atoms. The molecule has 0 bridgehead atoms. The quantitative estimate of drug-likeness (QED) is 0.796. The van der Waals surface area contributed by atoms with Crippen molar-refractivity contribution in [2.75, 3.05) is 0 Å². The average molecular weight is 241 g/mol. The number of hydrogen-bond donors (Lipinski definition) is 2. The third-order valence-corrected chi connectivity index (χ3v) is 2.51. The summed E-state index contributed by atoms with van der Waals surface area (Å²) >= 11 is 5.89. The van der Waals surface area contributed by atoms with Crippen molar-refractivity contribution in [1.82, 2.24) is 0 Å². The first-order valence-electron chi connectivity index (χ1n) is 4.93. The summed E-state index contributed by atoms with van der Waals surface area (Å²) in [4.78, 5) is 10.9. The molecule has 4 heteroatoms. The normalized spacial score (nSPS) is 13.6. The van der Waals surface area contributed by atoms with Gasteiger partial charge >= 0.3 is 5.97 Å². The molecule has 0 amide bonds. The zero-order chi connectivity index (χ0) is 12.1. The number of hydrogen-bond acceptors (Lipinski definition) is 2. The van der Waals surface area contributed by atoms with E-state index < -0.39 is 12.1 Å². The molecule has 0 saturated carbocycles. The fraction of sp³-hybridized carbons (Fsp3) is 0.250. The van der Waals surface area contributed by atoms with E-state index in [0.29, 0.717) is 17.0 Å². The molecule has 1 rings (SSSR count). The maximum absolute atomic E-state index is 10.9. The van der Waals surface area contributed by atoms with Crippen LogP contribution in [-0.4, -0.2) is 16.2 Å². The van der Waals surface area contributed by atoms with Gasteiger partial charge in [-0.1, -0.05) is 42.8 Å². The van der Waals surface area contributed by atoms with Gasteiger partial charge in [-0.3, -0.25) is 0 Å². The third-order valence-electron chi connectivity index (χ3n) is 2.17. The first-order chi connectivity index (χ1) is 7.57. The Hall–Kier alpha value is -1.32. The molecule has 0 fully saturated rings. The number of carboxylic acid groups (broad SMARTS) is 1. The Balaban J connectivity index is 3.09. The van der Waals surface area contributed by atoms with Crippen LogP contribution in [0.3, 0.4) is 0 Å². The van der Waals surface area contributed by atoms with E-state index in [1.165, 1.54) is 6.08 Å².